The Kier molecular flexibility index (Phi) is 2.66. The van der Waals surface area contributed by atoms with Crippen LogP contribution in [0.2, 0.25) is 0 Å². The van der Waals surface area contributed by atoms with Crippen molar-refractivity contribution in [3.05, 3.63) is 30.0 Å². The van der Waals surface area contributed by atoms with Crippen LogP contribution in [0.15, 0.2) is 24.4 Å². The molecular weight excluding hydrogens is 238 g/mol. The van der Waals surface area contributed by atoms with E-state index in [9.17, 15) is 4.79 Å². The predicted octanol–water partition coefficient (Wildman–Crippen LogP) is 3.80. The first-order valence-electron chi connectivity index (χ1n) is 6.81. The number of rotatable bonds is 4. The highest BCUT2D eigenvalue weighted by Gasteiger charge is 2.50. The topological polar surface area (TPSA) is 42.1 Å². The highest BCUT2D eigenvalue weighted by molar-refractivity contribution is 6.12. The van der Waals surface area contributed by atoms with Gasteiger partial charge < -0.3 is 9.72 Å². The van der Waals surface area contributed by atoms with E-state index in [1.54, 1.807) is 0 Å². The van der Waals surface area contributed by atoms with Crippen LogP contribution in [0.5, 0.6) is 5.75 Å². The van der Waals surface area contributed by atoms with Gasteiger partial charge in [0.05, 0.1) is 12.0 Å². The van der Waals surface area contributed by atoms with Gasteiger partial charge in [-0.3, -0.25) is 4.79 Å². The minimum Gasteiger partial charge on any atom is -0.493 e. The average molecular weight is 257 g/mol. The normalized spacial score (nSPS) is 20.5. The molecule has 0 saturated heterocycles. The van der Waals surface area contributed by atoms with Crippen LogP contribution in [0.25, 0.3) is 10.9 Å². The first-order chi connectivity index (χ1) is 9.04. The van der Waals surface area contributed by atoms with E-state index in [1.807, 2.05) is 31.3 Å². The van der Waals surface area contributed by atoms with Crippen molar-refractivity contribution in [3.8, 4) is 5.75 Å². The number of carbonyl (C=O) groups is 1. The van der Waals surface area contributed by atoms with Crippen molar-refractivity contribution in [1.29, 1.82) is 0 Å². The van der Waals surface area contributed by atoms with Gasteiger partial charge in [-0.15, -0.1) is 0 Å². The van der Waals surface area contributed by atoms with Gasteiger partial charge in [-0.05, 0) is 30.9 Å². The summed E-state index contributed by atoms with van der Waals surface area (Å²) in [7, 11) is 0. The van der Waals surface area contributed by atoms with Crippen LogP contribution in [0.1, 0.15) is 37.6 Å². The summed E-state index contributed by atoms with van der Waals surface area (Å²) in [5, 5.41) is 0.928. The molecule has 100 valence electrons. The molecule has 19 heavy (non-hydrogen) atoms. The molecular formula is C16H19NO2. The Balaban J connectivity index is 2.07. The summed E-state index contributed by atoms with van der Waals surface area (Å²) in [4.78, 5) is 15.8. The van der Waals surface area contributed by atoms with Crippen molar-refractivity contribution < 1.29 is 9.53 Å². The van der Waals surface area contributed by atoms with Crippen molar-refractivity contribution in [3.63, 3.8) is 0 Å². The molecule has 1 aromatic carbocycles. The van der Waals surface area contributed by atoms with E-state index in [1.165, 1.54) is 0 Å². The molecule has 1 aliphatic carbocycles. The molecule has 0 bridgehead atoms. The molecule has 3 nitrogen and oxygen atoms in total. The molecule has 0 aliphatic heterocycles. The molecule has 3 heteroatoms. The number of hydrogen-bond acceptors (Lipinski definition) is 2. The Hall–Kier alpha value is -1.77. The van der Waals surface area contributed by atoms with Gasteiger partial charge >= 0.3 is 0 Å². The van der Waals surface area contributed by atoms with E-state index in [2.05, 4.69) is 18.8 Å². The van der Waals surface area contributed by atoms with E-state index in [0.717, 1.165) is 28.6 Å². The summed E-state index contributed by atoms with van der Waals surface area (Å²) < 4.78 is 5.65. The van der Waals surface area contributed by atoms with Gasteiger partial charge in [-0.1, -0.05) is 19.9 Å². The summed E-state index contributed by atoms with van der Waals surface area (Å²) in [5.41, 5.74) is 1.89. The van der Waals surface area contributed by atoms with Gasteiger partial charge in [0.15, 0.2) is 5.78 Å². The van der Waals surface area contributed by atoms with Crippen molar-refractivity contribution >= 4 is 16.7 Å². The molecule has 1 N–H and O–H groups in total. The molecule has 1 saturated carbocycles. The number of hydrogen-bond donors (Lipinski definition) is 1. The van der Waals surface area contributed by atoms with E-state index in [4.69, 9.17) is 4.74 Å². The van der Waals surface area contributed by atoms with Gasteiger partial charge in [-0.2, -0.15) is 0 Å². The van der Waals surface area contributed by atoms with Crippen LogP contribution in [0, 0.1) is 11.3 Å². The largest absolute Gasteiger partial charge is 0.493 e. The maximum absolute atomic E-state index is 12.6. The fourth-order valence-corrected chi connectivity index (χ4v) is 2.72. The van der Waals surface area contributed by atoms with Gasteiger partial charge in [0, 0.05) is 23.2 Å². The predicted molar refractivity (Wildman–Crippen MR) is 75.7 cm³/mol. The van der Waals surface area contributed by atoms with Crippen LogP contribution >= 0.6 is 0 Å². The quantitative estimate of drug-likeness (QED) is 0.846. The van der Waals surface area contributed by atoms with Crippen LogP contribution in [0.3, 0.4) is 0 Å². The number of ketones is 1. The van der Waals surface area contributed by atoms with Crippen LogP contribution in [0.4, 0.5) is 0 Å². The summed E-state index contributed by atoms with van der Waals surface area (Å²) in [5.74, 6) is 1.19. The van der Waals surface area contributed by atoms with E-state index in [0.29, 0.717) is 6.61 Å². The van der Waals surface area contributed by atoms with E-state index < -0.39 is 0 Å². The fourth-order valence-electron chi connectivity index (χ4n) is 2.72. The third kappa shape index (κ3) is 1.93. The Morgan fingerprint density at radius 3 is 2.84 bits per heavy atom. The zero-order chi connectivity index (χ0) is 13.6. The lowest BCUT2D eigenvalue weighted by Gasteiger charge is -2.07. The van der Waals surface area contributed by atoms with Gasteiger partial charge in [0.25, 0.3) is 0 Å². The minimum absolute atomic E-state index is 0.154. The molecule has 1 atom stereocenters. The monoisotopic (exact) mass is 257 g/mol. The number of benzene rings is 1. The summed E-state index contributed by atoms with van der Waals surface area (Å²) in [6.07, 6.45) is 2.80. The number of aromatic amines is 1. The van der Waals surface area contributed by atoms with E-state index in [-0.39, 0.29) is 17.1 Å². The van der Waals surface area contributed by atoms with E-state index >= 15 is 0 Å². The second-order valence-corrected chi connectivity index (χ2v) is 5.92. The van der Waals surface area contributed by atoms with Crippen molar-refractivity contribution in [2.75, 3.05) is 6.61 Å². The summed E-state index contributed by atoms with van der Waals surface area (Å²) >= 11 is 0. The lowest BCUT2D eigenvalue weighted by atomic mass is 10.0. The Morgan fingerprint density at radius 2 is 2.21 bits per heavy atom. The Labute approximate surface area is 113 Å². The van der Waals surface area contributed by atoms with Crippen molar-refractivity contribution in [1.82, 2.24) is 4.98 Å². The Morgan fingerprint density at radius 1 is 1.47 bits per heavy atom. The molecule has 1 fully saturated rings. The number of ether oxygens (including phenoxy) is 1. The Bertz CT molecular complexity index is 639. The van der Waals surface area contributed by atoms with Gasteiger partial charge in [0.2, 0.25) is 0 Å². The number of H-pyrrole nitrogens is 1. The molecule has 0 radical (unpaired) electrons. The molecule has 1 aliphatic rings. The van der Waals surface area contributed by atoms with Crippen LogP contribution < -0.4 is 4.74 Å². The second-order valence-electron chi connectivity index (χ2n) is 5.92. The minimum atomic E-state index is 0.154. The molecule has 0 spiro atoms. The third-order valence-corrected chi connectivity index (χ3v) is 4.06. The SMILES string of the molecule is CCOc1cccc2[nH]cc(C(=O)C3CC3(C)C)c12. The number of fused-ring (bicyclic) bond motifs is 1. The molecule has 1 unspecified atom stereocenters. The highest BCUT2D eigenvalue weighted by Crippen LogP contribution is 2.53. The van der Waals surface area contributed by atoms with Gasteiger partial charge in [-0.25, -0.2) is 0 Å². The summed E-state index contributed by atoms with van der Waals surface area (Å²) in [6, 6.07) is 5.85. The molecule has 0 amide bonds. The zero-order valence-corrected chi connectivity index (χ0v) is 11.6. The number of nitrogens with one attached hydrogen (secondary N) is 1. The van der Waals surface area contributed by atoms with Crippen LogP contribution in [-0.2, 0) is 0 Å². The van der Waals surface area contributed by atoms with Crippen molar-refractivity contribution in [2.24, 2.45) is 11.3 Å². The molecule has 1 heterocycles. The first kappa shape index (κ1) is 12.3. The lowest BCUT2D eigenvalue weighted by Crippen LogP contribution is -2.06. The first-order valence-corrected chi connectivity index (χ1v) is 6.81. The fraction of sp³-hybridized carbons (Fsp3) is 0.438. The third-order valence-electron chi connectivity index (χ3n) is 4.06. The van der Waals surface area contributed by atoms with Crippen LogP contribution in [-0.4, -0.2) is 17.4 Å². The second kappa shape index (κ2) is 4.12. The average Bonchev–Trinajstić information content (AvgIpc) is 2.84. The zero-order valence-electron chi connectivity index (χ0n) is 11.6. The smallest absolute Gasteiger partial charge is 0.168 e. The van der Waals surface area contributed by atoms with Crippen molar-refractivity contribution in [2.45, 2.75) is 27.2 Å². The summed E-state index contributed by atoms with van der Waals surface area (Å²) in [6.45, 7) is 6.85. The maximum Gasteiger partial charge on any atom is 0.168 e. The molecule has 2 aromatic rings. The molecule has 3 rings (SSSR count). The standard InChI is InChI=1S/C16H19NO2/c1-4-19-13-7-5-6-12-14(13)10(9-17-12)15(18)11-8-16(11,2)3/h5-7,9,11,17H,4,8H2,1-3H3. The maximum atomic E-state index is 12.6. The lowest BCUT2D eigenvalue weighted by molar-refractivity contribution is 0.0954. The van der Waals surface area contributed by atoms with Gasteiger partial charge in [0.1, 0.15) is 5.75 Å². The molecule has 1 aromatic heterocycles. The highest BCUT2D eigenvalue weighted by atomic mass is 16.5. The number of aromatic nitrogens is 1. The number of Topliss-reactive ketones (excluding diaryl/α,β-unsaturated/α-hetero) is 1. The number of carbonyl (C=O) groups excluding carboxylic acids is 1.